The Morgan fingerprint density at radius 1 is 0.850 bits per heavy atom. The van der Waals surface area contributed by atoms with Crippen LogP contribution in [0.15, 0.2) is 18.2 Å². The van der Waals surface area contributed by atoms with Crippen LogP contribution in [-0.4, -0.2) is 56.2 Å². The van der Waals surface area contributed by atoms with Gasteiger partial charge in [0.15, 0.2) is 11.5 Å². The van der Waals surface area contributed by atoms with Crippen LogP contribution in [0.2, 0.25) is 0 Å². The zero-order valence-electron chi connectivity index (χ0n) is 25.0. The van der Waals surface area contributed by atoms with Crippen LogP contribution in [-0.2, 0) is 35.0 Å². The zero-order valence-corrected chi connectivity index (χ0v) is 25.0. The van der Waals surface area contributed by atoms with E-state index in [-0.39, 0.29) is 54.5 Å². The first-order chi connectivity index (χ1) is 18.5. The Bertz CT molecular complexity index is 994. The van der Waals surface area contributed by atoms with E-state index in [1.165, 1.54) is 12.1 Å². The minimum Gasteiger partial charge on any atom is -0.461 e. The van der Waals surface area contributed by atoms with Gasteiger partial charge in [-0.05, 0) is 48.3 Å². The maximum Gasteiger partial charge on any atom is 0.513 e. The lowest BCUT2D eigenvalue weighted by Gasteiger charge is -2.19. The van der Waals surface area contributed by atoms with Crippen molar-refractivity contribution in [3.05, 3.63) is 23.8 Å². The lowest BCUT2D eigenvalue weighted by Crippen LogP contribution is -2.36. The molecule has 226 valence electrons. The summed E-state index contributed by atoms with van der Waals surface area (Å²) in [6.45, 7) is 15.0. The Morgan fingerprint density at radius 2 is 1.40 bits per heavy atom. The van der Waals surface area contributed by atoms with Crippen molar-refractivity contribution in [2.75, 3.05) is 19.8 Å². The van der Waals surface area contributed by atoms with Crippen LogP contribution >= 0.6 is 0 Å². The molecule has 0 fully saturated rings. The molecular weight excluding hydrogens is 522 g/mol. The second kappa shape index (κ2) is 16.1. The molecule has 11 heteroatoms. The molecule has 0 saturated heterocycles. The fourth-order valence-corrected chi connectivity index (χ4v) is 2.92. The van der Waals surface area contributed by atoms with E-state index in [0.717, 1.165) is 12.8 Å². The summed E-state index contributed by atoms with van der Waals surface area (Å²) in [5.74, 6) is -1.25. The van der Waals surface area contributed by atoms with Crippen molar-refractivity contribution in [2.24, 2.45) is 16.6 Å². The van der Waals surface area contributed by atoms with Crippen LogP contribution in [0.1, 0.15) is 80.2 Å². The number of nitrogens with two attached hydrogens (primary N) is 1. The monoisotopic (exact) mass is 567 g/mol. The van der Waals surface area contributed by atoms with Crippen molar-refractivity contribution in [3.63, 3.8) is 0 Å². The average Bonchev–Trinajstić information content (AvgIpc) is 2.84. The lowest BCUT2D eigenvalue weighted by molar-refractivity contribution is -0.158. The predicted octanol–water partition coefficient (Wildman–Crippen LogP) is 5.34. The second-order valence-corrected chi connectivity index (χ2v) is 12.0. The lowest BCUT2D eigenvalue weighted by atomic mass is 9.99. The van der Waals surface area contributed by atoms with Crippen molar-refractivity contribution >= 4 is 24.2 Å². The van der Waals surface area contributed by atoms with Crippen LogP contribution < -0.4 is 15.2 Å². The molecule has 0 aromatic heterocycles. The molecule has 0 spiro atoms. The maximum atomic E-state index is 12.4. The molecule has 0 radical (unpaired) electrons. The highest BCUT2D eigenvalue weighted by atomic mass is 16.7. The van der Waals surface area contributed by atoms with Crippen LogP contribution in [0.3, 0.4) is 0 Å². The Hall–Kier alpha value is -3.34. The Balaban J connectivity index is 2.89. The number of unbranched alkanes of at least 4 members (excludes halogenated alkanes) is 1. The standard InChI is InChI=1S/C29H45NO10/c1-9-10-11-24(31)38-19(2)16-35-25(32)21(30)14-20-12-13-22(39-26(33)36-17-28(3,4)5)23(15-20)40-27(34)37-18-29(6,7)8/h12-13,15,19,21H,9-11,14,16-18,30H2,1-8H3/t19-,21-/m0/s1. The van der Waals surface area contributed by atoms with E-state index in [0.29, 0.717) is 12.0 Å². The summed E-state index contributed by atoms with van der Waals surface area (Å²) in [6.07, 6.45) is -0.673. The van der Waals surface area contributed by atoms with Crippen LogP contribution in [0.4, 0.5) is 9.59 Å². The normalized spacial score (nSPS) is 13.0. The number of rotatable bonds is 13. The summed E-state index contributed by atoms with van der Waals surface area (Å²) < 4.78 is 31.3. The van der Waals surface area contributed by atoms with Gasteiger partial charge in [-0.15, -0.1) is 0 Å². The first-order valence-electron chi connectivity index (χ1n) is 13.4. The summed E-state index contributed by atoms with van der Waals surface area (Å²) in [7, 11) is 0. The molecule has 2 atom stereocenters. The van der Waals surface area contributed by atoms with Gasteiger partial charge in [-0.3, -0.25) is 9.59 Å². The first kappa shape index (κ1) is 34.7. The molecule has 40 heavy (non-hydrogen) atoms. The van der Waals surface area contributed by atoms with E-state index in [2.05, 4.69) is 0 Å². The highest BCUT2D eigenvalue weighted by Gasteiger charge is 2.23. The second-order valence-electron chi connectivity index (χ2n) is 12.0. The minimum absolute atomic E-state index is 0.0195. The molecule has 0 amide bonds. The minimum atomic E-state index is -1.06. The van der Waals surface area contributed by atoms with Gasteiger partial charge >= 0.3 is 24.2 Å². The average molecular weight is 568 g/mol. The summed E-state index contributed by atoms with van der Waals surface area (Å²) in [6, 6.07) is 3.31. The smallest absolute Gasteiger partial charge is 0.461 e. The van der Waals surface area contributed by atoms with E-state index >= 15 is 0 Å². The van der Waals surface area contributed by atoms with Crippen molar-refractivity contribution in [1.29, 1.82) is 0 Å². The van der Waals surface area contributed by atoms with Crippen LogP contribution in [0.5, 0.6) is 11.5 Å². The van der Waals surface area contributed by atoms with Crippen molar-refractivity contribution in [2.45, 2.75) is 93.2 Å². The van der Waals surface area contributed by atoms with E-state index in [1.54, 1.807) is 13.0 Å². The molecular formula is C29H45NO10. The Morgan fingerprint density at radius 3 is 1.93 bits per heavy atom. The van der Waals surface area contributed by atoms with Gasteiger partial charge in [0.1, 0.15) is 18.8 Å². The molecule has 1 aromatic rings. The number of carbonyl (C=O) groups excluding carboxylic acids is 4. The molecule has 0 heterocycles. The number of carbonyl (C=O) groups is 4. The van der Waals surface area contributed by atoms with E-state index in [4.69, 9.17) is 34.2 Å². The van der Waals surface area contributed by atoms with Gasteiger partial charge in [0, 0.05) is 6.42 Å². The molecule has 0 aliphatic rings. The van der Waals surface area contributed by atoms with Gasteiger partial charge in [-0.2, -0.15) is 0 Å². The maximum absolute atomic E-state index is 12.4. The van der Waals surface area contributed by atoms with Crippen LogP contribution in [0, 0.1) is 10.8 Å². The first-order valence-corrected chi connectivity index (χ1v) is 13.4. The number of esters is 2. The third-order valence-electron chi connectivity index (χ3n) is 4.93. The highest BCUT2D eigenvalue weighted by Crippen LogP contribution is 2.30. The molecule has 0 saturated carbocycles. The molecule has 0 unspecified atom stereocenters. The van der Waals surface area contributed by atoms with Gasteiger partial charge in [0.05, 0.1) is 13.2 Å². The SMILES string of the molecule is CCCCC(=O)O[C@@H](C)COC(=O)[C@@H](N)Cc1ccc(OC(=O)OCC(C)(C)C)c(OC(=O)OCC(C)(C)C)c1. The van der Waals surface area contributed by atoms with Gasteiger partial charge in [-0.25, -0.2) is 9.59 Å². The van der Waals surface area contributed by atoms with Gasteiger partial charge in [0.25, 0.3) is 0 Å². The molecule has 0 aliphatic heterocycles. The molecule has 2 N–H and O–H groups in total. The fraction of sp³-hybridized carbons (Fsp3) is 0.655. The highest BCUT2D eigenvalue weighted by molar-refractivity contribution is 5.76. The van der Waals surface area contributed by atoms with Gasteiger partial charge in [-0.1, -0.05) is 61.0 Å². The number of hydrogen-bond acceptors (Lipinski definition) is 11. The molecule has 11 nitrogen and oxygen atoms in total. The summed E-state index contributed by atoms with van der Waals surface area (Å²) in [4.78, 5) is 48.7. The fourth-order valence-electron chi connectivity index (χ4n) is 2.92. The summed E-state index contributed by atoms with van der Waals surface area (Å²) in [5.41, 5.74) is 5.95. The largest absolute Gasteiger partial charge is 0.513 e. The third-order valence-corrected chi connectivity index (χ3v) is 4.93. The van der Waals surface area contributed by atoms with Gasteiger partial charge in [0.2, 0.25) is 0 Å². The van der Waals surface area contributed by atoms with Crippen molar-refractivity contribution in [1.82, 2.24) is 0 Å². The van der Waals surface area contributed by atoms with E-state index < -0.39 is 30.4 Å². The third kappa shape index (κ3) is 15.3. The topological polar surface area (TPSA) is 150 Å². The van der Waals surface area contributed by atoms with E-state index in [9.17, 15) is 19.2 Å². The number of ether oxygens (including phenoxy) is 6. The summed E-state index contributed by atoms with van der Waals surface area (Å²) >= 11 is 0. The van der Waals surface area contributed by atoms with Crippen molar-refractivity contribution in [3.8, 4) is 11.5 Å². The van der Waals surface area contributed by atoms with E-state index in [1.807, 2.05) is 48.5 Å². The number of hydrogen-bond donors (Lipinski definition) is 1. The quantitative estimate of drug-likeness (QED) is 0.187. The summed E-state index contributed by atoms with van der Waals surface area (Å²) in [5, 5.41) is 0. The van der Waals surface area contributed by atoms with Crippen molar-refractivity contribution < 1.29 is 47.6 Å². The molecule has 1 aromatic carbocycles. The molecule has 0 aliphatic carbocycles. The number of benzene rings is 1. The van der Waals surface area contributed by atoms with Crippen LogP contribution in [0.25, 0.3) is 0 Å². The Kier molecular flexibility index (Phi) is 13.9. The van der Waals surface area contributed by atoms with Gasteiger partial charge < -0.3 is 34.2 Å². The molecule has 1 rings (SSSR count). The zero-order chi connectivity index (χ0) is 30.5. The predicted molar refractivity (Wildman–Crippen MR) is 147 cm³/mol. The molecule has 0 bridgehead atoms. The Labute approximate surface area is 236 Å².